The van der Waals surface area contributed by atoms with Gasteiger partial charge in [0.15, 0.2) is 0 Å². The molecule has 4 nitrogen and oxygen atoms in total. The second-order valence-corrected chi connectivity index (χ2v) is 4.68. The second-order valence-electron chi connectivity index (χ2n) is 4.27. The van der Waals surface area contributed by atoms with Crippen molar-refractivity contribution in [1.29, 1.82) is 0 Å². The van der Waals surface area contributed by atoms with Gasteiger partial charge >= 0.3 is 0 Å². The number of rotatable bonds is 9. The molecule has 19 heavy (non-hydrogen) atoms. The molecule has 0 aromatic heterocycles. The van der Waals surface area contributed by atoms with Gasteiger partial charge in [0.25, 0.3) is 0 Å². The second kappa shape index (κ2) is 9.15. The van der Waals surface area contributed by atoms with Gasteiger partial charge in [-0.25, -0.2) is 0 Å². The summed E-state index contributed by atoms with van der Waals surface area (Å²) >= 11 is 6.22. The summed E-state index contributed by atoms with van der Waals surface area (Å²) in [5.74, 6) is 0.793. The molecule has 0 amide bonds. The predicted octanol–water partition coefficient (Wildman–Crippen LogP) is 2.49. The van der Waals surface area contributed by atoms with E-state index in [-0.39, 0.29) is 6.10 Å². The minimum Gasteiger partial charge on any atom is -0.488 e. The lowest BCUT2D eigenvalue weighted by atomic mass is 10.2. The lowest BCUT2D eigenvalue weighted by Gasteiger charge is -2.18. The first-order chi connectivity index (χ1) is 9.19. The van der Waals surface area contributed by atoms with Crippen LogP contribution in [-0.4, -0.2) is 40.1 Å². The molecule has 1 aromatic carbocycles. The van der Waals surface area contributed by atoms with Gasteiger partial charge in [0.1, 0.15) is 11.9 Å². The van der Waals surface area contributed by atoms with Crippen molar-refractivity contribution >= 4 is 11.6 Å². The maximum Gasteiger partial charge on any atom is 0.125 e. The van der Waals surface area contributed by atoms with Gasteiger partial charge in [0.05, 0.1) is 13.2 Å². The van der Waals surface area contributed by atoms with Crippen LogP contribution in [0.25, 0.3) is 0 Å². The minimum absolute atomic E-state index is 0.0128. The molecule has 108 valence electrons. The van der Waals surface area contributed by atoms with Gasteiger partial charge < -0.3 is 19.5 Å². The first-order valence-corrected chi connectivity index (χ1v) is 6.69. The number of hydrogen-bond donors (Lipinski definition) is 1. The standard InChI is InChI=1S/C14H22ClNO3/c1-11(10-18-3)19-14-6-4-5-13(15)12(14)9-16-7-8-17-2/h4-6,11,16H,7-10H2,1-3H3. The van der Waals surface area contributed by atoms with Crippen LogP contribution < -0.4 is 10.1 Å². The Balaban J connectivity index is 2.66. The molecule has 0 heterocycles. The lowest BCUT2D eigenvalue weighted by Crippen LogP contribution is -2.22. The SMILES string of the molecule is COCCNCc1c(Cl)cccc1OC(C)COC. The summed E-state index contributed by atoms with van der Waals surface area (Å²) in [4.78, 5) is 0. The highest BCUT2D eigenvalue weighted by Crippen LogP contribution is 2.27. The van der Waals surface area contributed by atoms with Crippen molar-refractivity contribution in [2.24, 2.45) is 0 Å². The average molecular weight is 288 g/mol. The summed E-state index contributed by atoms with van der Waals surface area (Å²) in [5, 5.41) is 3.97. The molecule has 0 aliphatic heterocycles. The van der Waals surface area contributed by atoms with Crippen molar-refractivity contribution in [3.63, 3.8) is 0 Å². The van der Waals surface area contributed by atoms with E-state index in [0.29, 0.717) is 24.8 Å². The molecular formula is C14H22ClNO3. The first kappa shape index (κ1) is 16.2. The Hall–Kier alpha value is -0.810. The van der Waals surface area contributed by atoms with Gasteiger partial charge in [-0.05, 0) is 19.1 Å². The fourth-order valence-corrected chi connectivity index (χ4v) is 1.93. The van der Waals surface area contributed by atoms with Crippen LogP contribution in [-0.2, 0) is 16.0 Å². The van der Waals surface area contributed by atoms with Gasteiger partial charge in [-0.15, -0.1) is 0 Å². The van der Waals surface area contributed by atoms with E-state index in [9.17, 15) is 0 Å². The molecule has 0 aliphatic carbocycles. The summed E-state index contributed by atoms with van der Waals surface area (Å²) in [6, 6.07) is 5.67. The number of nitrogens with one attached hydrogen (secondary N) is 1. The van der Waals surface area contributed by atoms with Crippen LogP contribution in [0.3, 0.4) is 0 Å². The van der Waals surface area contributed by atoms with Crippen molar-refractivity contribution in [3.05, 3.63) is 28.8 Å². The normalized spacial score (nSPS) is 12.4. The van der Waals surface area contributed by atoms with E-state index in [0.717, 1.165) is 17.9 Å². The van der Waals surface area contributed by atoms with Crippen LogP contribution >= 0.6 is 11.6 Å². The van der Waals surface area contributed by atoms with E-state index >= 15 is 0 Å². The smallest absolute Gasteiger partial charge is 0.125 e. The van der Waals surface area contributed by atoms with Gasteiger partial charge in [0, 0.05) is 37.9 Å². The molecule has 0 saturated carbocycles. The van der Waals surface area contributed by atoms with Crippen LogP contribution in [0, 0.1) is 0 Å². The quantitative estimate of drug-likeness (QED) is 0.709. The summed E-state index contributed by atoms with van der Waals surface area (Å²) in [6.45, 7) is 4.60. The Kier molecular flexibility index (Phi) is 7.82. The Bertz CT molecular complexity index is 374. The Morgan fingerprint density at radius 3 is 2.74 bits per heavy atom. The summed E-state index contributed by atoms with van der Waals surface area (Å²) < 4.78 is 15.9. The number of ether oxygens (including phenoxy) is 3. The Morgan fingerprint density at radius 1 is 1.26 bits per heavy atom. The molecule has 0 fully saturated rings. The predicted molar refractivity (Wildman–Crippen MR) is 77.0 cm³/mol. The number of benzene rings is 1. The highest BCUT2D eigenvalue weighted by atomic mass is 35.5. The fourth-order valence-electron chi connectivity index (χ4n) is 1.69. The lowest BCUT2D eigenvalue weighted by molar-refractivity contribution is 0.0913. The highest BCUT2D eigenvalue weighted by Gasteiger charge is 2.11. The molecule has 1 atom stereocenters. The molecule has 5 heteroatoms. The zero-order valence-electron chi connectivity index (χ0n) is 11.7. The molecule has 0 aliphatic rings. The number of methoxy groups -OCH3 is 2. The fraction of sp³-hybridized carbons (Fsp3) is 0.571. The molecule has 1 N–H and O–H groups in total. The van der Waals surface area contributed by atoms with Crippen LogP contribution in [0.1, 0.15) is 12.5 Å². The van der Waals surface area contributed by atoms with Crippen molar-refractivity contribution in [2.45, 2.75) is 19.6 Å². The molecule has 1 rings (SSSR count). The van der Waals surface area contributed by atoms with E-state index < -0.39 is 0 Å². The topological polar surface area (TPSA) is 39.7 Å². The van der Waals surface area contributed by atoms with Crippen molar-refractivity contribution in [2.75, 3.05) is 34.0 Å². The van der Waals surface area contributed by atoms with E-state index in [2.05, 4.69) is 5.32 Å². The molecule has 0 radical (unpaired) electrons. The molecular weight excluding hydrogens is 266 g/mol. The minimum atomic E-state index is -0.0128. The van der Waals surface area contributed by atoms with Crippen LogP contribution in [0.4, 0.5) is 0 Å². The van der Waals surface area contributed by atoms with E-state index in [1.54, 1.807) is 14.2 Å². The van der Waals surface area contributed by atoms with Crippen molar-refractivity contribution < 1.29 is 14.2 Å². The Labute approximate surface area is 120 Å². The highest BCUT2D eigenvalue weighted by molar-refractivity contribution is 6.31. The van der Waals surface area contributed by atoms with Gasteiger partial charge in [-0.2, -0.15) is 0 Å². The Morgan fingerprint density at radius 2 is 2.05 bits per heavy atom. The van der Waals surface area contributed by atoms with E-state index in [1.807, 2.05) is 25.1 Å². The monoisotopic (exact) mass is 287 g/mol. The third kappa shape index (κ3) is 5.78. The van der Waals surface area contributed by atoms with E-state index in [1.165, 1.54) is 0 Å². The van der Waals surface area contributed by atoms with Gasteiger partial charge in [-0.3, -0.25) is 0 Å². The third-order valence-electron chi connectivity index (χ3n) is 2.59. The van der Waals surface area contributed by atoms with Gasteiger partial charge in [0.2, 0.25) is 0 Å². The molecule has 1 unspecified atom stereocenters. The zero-order chi connectivity index (χ0) is 14.1. The summed E-state index contributed by atoms with van der Waals surface area (Å²) in [5.41, 5.74) is 0.961. The maximum atomic E-state index is 6.22. The van der Waals surface area contributed by atoms with E-state index in [4.69, 9.17) is 25.8 Å². The third-order valence-corrected chi connectivity index (χ3v) is 2.94. The number of hydrogen-bond acceptors (Lipinski definition) is 4. The first-order valence-electron chi connectivity index (χ1n) is 6.31. The average Bonchev–Trinajstić information content (AvgIpc) is 2.37. The zero-order valence-corrected chi connectivity index (χ0v) is 12.5. The number of halogens is 1. The van der Waals surface area contributed by atoms with Crippen molar-refractivity contribution in [1.82, 2.24) is 5.32 Å². The van der Waals surface area contributed by atoms with Crippen LogP contribution in [0.15, 0.2) is 18.2 Å². The van der Waals surface area contributed by atoms with Crippen molar-refractivity contribution in [3.8, 4) is 5.75 Å². The molecule has 0 spiro atoms. The summed E-state index contributed by atoms with van der Waals surface area (Å²) in [6.07, 6.45) is -0.0128. The maximum absolute atomic E-state index is 6.22. The van der Waals surface area contributed by atoms with Crippen LogP contribution in [0.5, 0.6) is 5.75 Å². The molecule has 0 saturated heterocycles. The van der Waals surface area contributed by atoms with Crippen LogP contribution in [0.2, 0.25) is 5.02 Å². The van der Waals surface area contributed by atoms with Gasteiger partial charge in [-0.1, -0.05) is 17.7 Å². The largest absolute Gasteiger partial charge is 0.488 e. The summed E-state index contributed by atoms with van der Waals surface area (Å²) in [7, 11) is 3.34. The molecule has 0 bridgehead atoms. The molecule has 1 aromatic rings.